The fourth-order valence-electron chi connectivity index (χ4n) is 2.85. The Balaban J connectivity index is 2.06. The number of carbonyl (C=O) groups excluding carboxylic acids is 2. The molecule has 0 aliphatic heterocycles. The minimum atomic E-state index is -0.578. The number of hydrogen-bond acceptors (Lipinski definition) is 4. The third-order valence-corrected chi connectivity index (χ3v) is 3.76. The quantitative estimate of drug-likeness (QED) is 0.697. The van der Waals surface area contributed by atoms with E-state index in [1.54, 1.807) is 46.0 Å². The molecule has 6 nitrogen and oxygen atoms in total. The molecule has 1 aromatic carbocycles. The molecule has 0 bridgehead atoms. The van der Waals surface area contributed by atoms with Crippen molar-refractivity contribution in [1.29, 1.82) is 0 Å². The van der Waals surface area contributed by atoms with Crippen LogP contribution in [0.2, 0.25) is 0 Å². The number of para-hydroxylation sites is 1. The van der Waals surface area contributed by atoms with Crippen LogP contribution in [0.5, 0.6) is 0 Å². The maximum atomic E-state index is 12.4. The van der Waals surface area contributed by atoms with Gasteiger partial charge in [0.25, 0.3) is 0 Å². The summed E-state index contributed by atoms with van der Waals surface area (Å²) in [7, 11) is 0. The van der Waals surface area contributed by atoms with Crippen LogP contribution in [0, 0.1) is 0 Å². The first-order chi connectivity index (χ1) is 12.3. The van der Waals surface area contributed by atoms with Gasteiger partial charge in [-0.05, 0) is 45.9 Å². The highest BCUT2D eigenvalue weighted by Gasteiger charge is 2.20. The van der Waals surface area contributed by atoms with Gasteiger partial charge in [0.05, 0.1) is 28.9 Å². The van der Waals surface area contributed by atoms with E-state index in [1.807, 2.05) is 28.7 Å². The summed E-state index contributed by atoms with van der Waals surface area (Å²) in [5, 5.41) is 3.53. The zero-order valence-electron chi connectivity index (χ0n) is 15.3. The van der Waals surface area contributed by atoms with Crippen LogP contribution in [0.25, 0.3) is 16.4 Å². The van der Waals surface area contributed by atoms with Crippen molar-refractivity contribution in [2.45, 2.75) is 33.3 Å². The van der Waals surface area contributed by atoms with E-state index >= 15 is 0 Å². The zero-order valence-corrected chi connectivity index (χ0v) is 15.3. The molecule has 2 aromatic heterocycles. The van der Waals surface area contributed by atoms with E-state index in [0.29, 0.717) is 17.9 Å². The van der Waals surface area contributed by atoms with Crippen LogP contribution in [0.1, 0.15) is 38.1 Å². The van der Waals surface area contributed by atoms with Gasteiger partial charge in [-0.1, -0.05) is 18.2 Å². The van der Waals surface area contributed by atoms with Crippen LogP contribution in [0.15, 0.2) is 42.6 Å². The van der Waals surface area contributed by atoms with Gasteiger partial charge >= 0.3 is 12.1 Å². The van der Waals surface area contributed by atoms with Crippen molar-refractivity contribution in [3.8, 4) is 0 Å². The maximum Gasteiger partial charge on any atom is 0.412 e. The number of anilines is 1. The predicted octanol–water partition coefficient (Wildman–Crippen LogP) is 4.62. The Morgan fingerprint density at radius 3 is 2.50 bits per heavy atom. The molecule has 26 heavy (non-hydrogen) atoms. The largest absolute Gasteiger partial charge is 0.462 e. The lowest BCUT2D eigenvalue weighted by Crippen LogP contribution is -2.27. The molecular weight excluding hydrogens is 332 g/mol. The Bertz CT molecular complexity index is 983. The van der Waals surface area contributed by atoms with Crippen LogP contribution < -0.4 is 5.32 Å². The highest BCUT2D eigenvalue weighted by molar-refractivity contribution is 6.11. The Morgan fingerprint density at radius 2 is 1.81 bits per heavy atom. The molecule has 0 saturated heterocycles. The minimum absolute atomic E-state index is 0.308. The molecular formula is C20H22N2O4. The number of ether oxygens (including phenoxy) is 2. The smallest absolute Gasteiger partial charge is 0.412 e. The van der Waals surface area contributed by atoms with Gasteiger partial charge in [0, 0.05) is 11.6 Å². The number of carbonyl (C=O) groups is 2. The van der Waals surface area contributed by atoms with Gasteiger partial charge in [-0.15, -0.1) is 0 Å². The molecule has 3 aromatic rings. The molecule has 2 heterocycles. The predicted molar refractivity (Wildman–Crippen MR) is 101 cm³/mol. The first kappa shape index (κ1) is 17.8. The lowest BCUT2D eigenvalue weighted by atomic mass is 10.1. The summed E-state index contributed by atoms with van der Waals surface area (Å²) in [6.07, 6.45) is 1.24. The number of fused-ring (bicyclic) bond motifs is 3. The van der Waals surface area contributed by atoms with Gasteiger partial charge in [0.2, 0.25) is 0 Å². The van der Waals surface area contributed by atoms with E-state index in [4.69, 9.17) is 9.47 Å². The SMILES string of the molecule is CCOC(=O)c1c2ccccc2n2cc(NC(=O)OC(C)(C)C)ccc12. The monoisotopic (exact) mass is 354 g/mol. The minimum Gasteiger partial charge on any atom is -0.462 e. The Hall–Kier alpha value is -3.02. The molecule has 0 atom stereocenters. The van der Waals surface area contributed by atoms with Crippen molar-refractivity contribution in [3.05, 3.63) is 48.2 Å². The Morgan fingerprint density at radius 1 is 1.08 bits per heavy atom. The van der Waals surface area contributed by atoms with Gasteiger partial charge < -0.3 is 13.9 Å². The van der Waals surface area contributed by atoms with Gasteiger partial charge in [0.15, 0.2) is 0 Å². The highest BCUT2D eigenvalue weighted by atomic mass is 16.6. The molecule has 0 unspecified atom stereocenters. The number of aromatic nitrogens is 1. The van der Waals surface area contributed by atoms with Crippen molar-refractivity contribution in [1.82, 2.24) is 4.40 Å². The molecule has 0 radical (unpaired) electrons. The Kier molecular flexibility index (Phi) is 4.59. The van der Waals surface area contributed by atoms with Crippen LogP contribution in [-0.4, -0.2) is 28.7 Å². The van der Waals surface area contributed by atoms with E-state index in [-0.39, 0.29) is 5.97 Å². The van der Waals surface area contributed by atoms with E-state index < -0.39 is 11.7 Å². The first-order valence-electron chi connectivity index (χ1n) is 8.50. The number of amides is 1. The molecule has 1 amide bonds. The van der Waals surface area contributed by atoms with Crippen LogP contribution >= 0.6 is 0 Å². The van der Waals surface area contributed by atoms with E-state index in [9.17, 15) is 9.59 Å². The second-order valence-electron chi connectivity index (χ2n) is 6.91. The summed E-state index contributed by atoms with van der Waals surface area (Å²) in [5.41, 5.74) is 2.10. The summed E-state index contributed by atoms with van der Waals surface area (Å²) >= 11 is 0. The molecule has 0 spiro atoms. The second-order valence-corrected chi connectivity index (χ2v) is 6.91. The average Bonchev–Trinajstić information content (AvgIpc) is 2.87. The van der Waals surface area contributed by atoms with Gasteiger partial charge in [-0.2, -0.15) is 0 Å². The third-order valence-electron chi connectivity index (χ3n) is 3.76. The fourth-order valence-corrected chi connectivity index (χ4v) is 2.85. The summed E-state index contributed by atoms with van der Waals surface area (Å²) < 4.78 is 12.4. The summed E-state index contributed by atoms with van der Waals surface area (Å²) in [5.74, 6) is -0.362. The van der Waals surface area contributed by atoms with Crippen LogP contribution in [0.3, 0.4) is 0 Å². The van der Waals surface area contributed by atoms with E-state index in [2.05, 4.69) is 5.32 Å². The lowest BCUT2D eigenvalue weighted by Gasteiger charge is -2.19. The van der Waals surface area contributed by atoms with Gasteiger partial charge in [-0.3, -0.25) is 5.32 Å². The Labute approximate surface area is 151 Å². The maximum absolute atomic E-state index is 12.4. The number of rotatable bonds is 3. The first-order valence-corrected chi connectivity index (χ1v) is 8.50. The molecule has 136 valence electrons. The molecule has 6 heteroatoms. The number of nitrogens with zero attached hydrogens (tertiary/aromatic N) is 1. The van der Waals surface area contributed by atoms with Gasteiger partial charge in [-0.25, -0.2) is 9.59 Å². The fraction of sp³-hybridized carbons (Fsp3) is 0.300. The highest BCUT2D eigenvalue weighted by Crippen LogP contribution is 2.29. The summed E-state index contributed by atoms with van der Waals surface area (Å²) in [4.78, 5) is 24.4. The zero-order chi connectivity index (χ0) is 18.9. The van der Waals surface area contributed by atoms with Crippen LogP contribution in [0.4, 0.5) is 10.5 Å². The third kappa shape index (κ3) is 3.49. The van der Waals surface area contributed by atoms with Gasteiger partial charge in [0.1, 0.15) is 5.60 Å². The lowest BCUT2D eigenvalue weighted by molar-refractivity contribution is 0.0530. The molecule has 3 rings (SSSR count). The van der Waals surface area contributed by atoms with Crippen molar-refractivity contribution >= 4 is 34.2 Å². The topological polar surface area (TPSA) is 69.0 Å². The number of nitrogens with one attached hydrogen (secondary N) is 1. The van der Waals surface area contributed by atoms with Crippen LogP contribution in [-0.2, 0) is 9.47 Å². The van der Waals surface area contributed by atoms with Crippen molar-refractivity contribution in [2.24, 2.45) is 0 Å². The van der Waals surface area contributed by atoms with Crippen molar-refractivity contribution < 1.29 is 19.1 Å². The van der Waals surface area contributed by atoms with E-state index in [0.717, 1.165) is 16.4 Å². The standard InChI is InChI=1S/C20H22N2O4/c1-5-25-18(23)17-14-8-6-7-9-15(14)22-12-13(10-11-16(17)22)21-19(24)26-20(2,3)4/h6-12H,5H2,1-4H3,(H,21,24). The van der Waals surface area contributed by atoms with Crippen molar-refractivity contribution in [2.75, 3.05) is 11.9 Å². The molecule has 0 saturated carbocycles. The van der Waals surface area contributed by atoms with E-state index in [1.165, 1.54) is 0 Å². The van der Waals surface area contributed by atoms with Crippen molar-refractivity contribution in [3.63, 3.8) is 0 Å². The molecule has 0 aliphatic carbocycles. The molecule has 0 aliphatic rings. The molecule has 1 N–H and O–H groups in total. The number of pyridine rings is 1. The number of benzene rings is 1. The summed E-state index contributed by atoms with van der Waals surface area (Å²) in [6.45, 7) is 7.51. The molecule has 0 fully saturated rings. The second kappa shape index (κ2) is 6.71. The summed E-state index contributed by atoms with van der Waals surface area (Å²) in [6, 6.07) is 11.1. The normalized spacial score (nSPS) is 11.5. The number of hydrogen-bond donors (Lipinski definition) is 1. The average molecular weight is 354 g/mol. The number of esters is 1.